The lowest BCUT2D eigenvalue weighted by molar-refractivity contribution is -0.352. The molecular formula is C6HF14N. The lowest BCUT2D eigenvalue weighted by atomic mass is 10.2. The van der Waals surface area contributed by atoms with E-state index in [1.807, 2.05) is 0 Å². The predicted molar refractivity (Wildman–Crippen MR) is 38.0 cm³/mol. The Hall–Kier alpha value is -1.31. The van der Waals surface area contributed by atoms with Crippen LogP contribution in [0.4, 0.5) is 61.8 Å². The van der Waals surface area contributed by atoms with E-state index in [1.54, 1.807) is 0 Å². The Balaban J connectivity index is 0. The summed E-state index contributed by atoms with van der Waals surface area (Å²) in [5, 5.41) is 0. The van der Waals surface area contributed by atoms with Crippen LogP contribution >= 0.6 is 0 Å². The first-order valence-corrected chi connectivity index (χ1v) is 3.90. The topological polar surface area (TPSA) is 12.4 Å². The number of hydrogen-bond donors (Lipinski definition) is 0. The summed E-state index contributed by atoms with van der Waals surface area (Å²) in [5.41, 5.74) is 0. The summed E-state index contributed by atoms with van der Waals surface area (Å²) >= 11 is 0. The van der Waals surface area contributed by atoms with E-state index in [-0.39, 0.29) is 9.70 Å². The summed E-state index contributed by atoms with van der Waals surface area (Å²) in [6.07, 6.45) is -13.9. The lowest BCUT2D eigenvalue weighted by Gasteiger charge is -2.25. The third-order valence-electron chi connectivity index (χ3n) is 1.59. The van der Waals surface area contributed by atoms with Gasteiger partial charge < -0.3 is 0 Å². The Labute approximate surface area is 104 Å². The fourth-order valence-corrected chi connectivity index (χ4v) is 0.551. The number of nitrogens with zero attached hydrogens (tertiary/aromatic N) is 1. The molecule has 0 amide bonds. The largest absolute Gasteiger partial charge is 0.462 e. The zero-order valence-electron chi connectivity index (χ0n) is 8.77. The van der Waals surface area contributed by atoms with Crippen LogP contribution in [0.3, 0.4) is 0 Å². The molecule has 0 aliphatic carbocycles. The van der Waals surface area contributed by atoms with Crippen LogP contribution in [0, 0.1) is 0 Å². The molecule has 0 aromatic rings. The van der Waals surface area contributed by atoms with Gasteiger partial charge in [0, 0.05) is 0 Å². The second-order valence-electron chi connectivity index (χ2n) is 3.09. The average Bonchev–Trinajstić information content (AvgIpc) is 2.12. The SMILES string of the molecule is F.F/C(=N\C(F)(F)C(F)(F)C(F)(F)F)C(F)(F)C(F)(F)F. The van der Waals surface area contributed by atoms with E-state index in [4.69, 9.17) is 0 Å². The van der Waals surface area contributed by atoms with E-state index >= 15 is 0 Å². The summed E-state index contributed by atoms with van der Waals surface area (Å²) in [4.78, 5) is 0.262. The van der Waals surface area contributed by atoms with Crippen LogP contribution in [0.2, 0.25) is 0 Å². The maximum absolute atomic E-state index is 12.3. The Morgan fingerprint density at radius 3 is 1.19 bits per heavy atom. The molecule has 0 heterocycles. The molecule has 0 saturated heterocycles. The molecule has 128 valence electrons. The number of halogens is 14. The molecule has 0 atom stereocenters. The number of alkyl halides is 12. The fourth-order valence-electron chi connectivity index (χ4n) is 0.551. The van der Waals surface area contributed by atoms with Crippen LogP contribution in [0.15, 0.2) is 4.99 Å². The van der Waals surface area contributed by atoms with Crippen LogP contribution in [-0.2, 0) is 0 Å². The normalized spacial score (nSPS) is 15.8. The van der Waals surface area contributed by atoms with E-state index in [0.29, 0.717) is 0 Å². The summed E-state index contributed by atoms with van der Waals surface area (Å²) in [6.45, 7) is 0. The van der Waals surface area contributed by atoms with Gasteiger partial charge in [-0.05, 0) is 0 Å². The molecule has 15 heteroatoms. The minimum Gasteiger partial charge on any atom is -0.269 e. The molecule has 0 unspecified atom stereocenters. The van der Waals surface area contributed by atoms with Crippen LogP contribution in [0.25, 0.3) is 0 Å². The summed E-state index contributed by atoms with van der Waals surface area (Å²) in [7, 11) is 0. The highest BCUT2D eigenvalue weighted by Gasteiger charge is 2.75. The number of hydrogen-bond acceptors (Lipinski definition) is 1. The van der Waals surface area contributed by atoms with Crippen molar-refractivity contribution >= 4 is 5.97 Å². The Morgan fingerprint density at radius 2 is 0.952 bits per heavy atom. The van der Waals surface area contributed by atoms with Gasteiger partial charge >= 0.3 is 30.2 Å². The zero-order valence-corrected chi connectivity index (χ0v) is 8.77. The Morgan fingerprint density at radius 1 is 0.619 bits per heavy atom. The molecule has 0 N–H and O–H groups in total. The van der Waals surface area contributed by atoms with E-state index in [9.17, 15) is 57.1 Å². The lowest BCUT2D eigenvalue weighted by Crippen LogP contribution is -2.52. The van der Waals surface area contributed by atoms with Crippen molar-refractivity contribution in [1.82, 2.24) is 0 Å². The van der Waals surface area contributed by atoms with Crippen LogP contribution < -0.4 is 0 Å². The van der Waals surface area contributed by atoms with Gasteiger partial charge in [0.05, 0.1) is 0 Å². The van der Waals surface area contributed by atoms with E-state index in [0.717, 1.165) is 0 Å². The molecule has 0 saturated carbocycles. The first-order valence-electron chi connectivity index (χ1n) is 3.90. The van der Waals surface area contributed by atoms with Crippen molar-refractivity contribution in [2.24, 2.45) is 4.99 Å². The molecular weight excluding hydrogens is 352 g/mol. The summed E-state index contributed by atoms with van der Waals surface area (Å²) in [6, 6.07) is -6.90. The smallest absolute Gasteiger partial charge is 0.269 e. The predicted octanol–water partition coefficient (Wildman–Crippen LogP) is 4.49. The van der Waals surface area contributed by atoms with Crippen LogP contribution in [0.1, 0.15) is 0 Å². The minimum absolute atomic E-state index is 0. The Kier molecular flexibility index (Phi) is 5.73. The van der Waals surface area contributed by atoms with Gasteiger partial charge in [0.15, 0.2) is 0 Å². The van der Waals surface area contributed by atoms with Crippen molar-refractivity contribution in [2.45, 2.75) is 30.2 Å². The van der Waals surface area contributed by atoms with Gasteiger partial charge in [0.25, 0.3) is 5.97 Å². The maximum atomic E-state index is 12.3. The molecule has 0 rings (SSSR count). The van der Waals surface area contributed by atoms with Crippen molar-refractivity contribution in [3.05, 3.63) is 0 Å². The van der Waals surface area contributed by atoms with Gasteiger partial charge in [0.1, 0.15) is 0 Å². The molecule has 0 spiro atoms. The quantitative estimate of drug-likeness (QED) is 0.403. The van der Waals surface area contributed by atoms with Gasteiger partial charge in [-0.15, -0.1) is 0 Å². The van der Waals surface area contributed by atoms with E-state index in [1.165, 1.54) is 0 Å². The van der Waals surface area contributed by atoms with Crippen molar-refractivity contribution in [3.63, 3.8) is 0 Å². The molecule has 0 fully saturated rings. The molecule has 1 nitrogen and oxygen atoms in total. The van der Waals surface area contributed by atoms with Crippen molar-refractivity contribution < 1.29 is 61.8 Å². The number of rotatable bonds is 3. The molecule has 0 aromatic carbocycles. The second-order valence-corrected chi connectivity index (χ2v) is 3.09. The van der Waals surface area contributed by atoms with Crippen molar-refractivity contribution in [1.29, 1.82) is 0 Å². The van der Waals surface area contributed by atoms with Crippen LogP contribution in [-0.4, -0.2) is 36.2 Å². The Bertz CT molecular complexity index is 385. The highest BCUT2D eigenvalue weighted by molar-refractivity contribution is 5.83. The first kappa shape index (κ1) is 22.0. The average molecular weight is 353 g/mol. The monoisotopic (exact) mass is 353 g/mol. The maximum Gasteiger partial charge on any atom is 0.462 e. The molecule has 0 aromatic heterocycles. The van der Waals surface area contributed by atoms with Gasteiger partial charge in [-0.25, -0.2) is 0 Å². The minimum atomic E-state index is -7.15. The molecule has 0 radical (unpaired) electrons. The van der Waals surface area contributed by atoms with Gasteiger partial charge in [-0.1, -0.05) is 0 Å². The van der Waals surface area contributed by atoms with E-state index in [2.05, 4.69) is 0 Å². The second kappa shape index (κ2) is 5.47. The van der Waals surface area contributed by atoms with Crippen LogP contribution in [0.5, 0.6) is 0 Å². The molecule has 0 aliphatic rings. The molecule has 0 bridgehead atoms. The van der Waals surface area contributed by atoms with Gasteiger partial charge in [-0.3, -0.25) is 4.70 Å². The zero-order chi connectivity index (χ0) is 16.8. The van der Waals surface area contributed by atoms with Gasteiger partial charge in [-0.2, -0.15) is 62.1 Å². The summed E-state index contributed by atoms with van der Waals surface area (Å²) in [5.74, 6) is -18.3. The van der Waals surface area contributed by atoms with E-state index < -0.39 is 36.2 Å². The van der Waals surface area contributed by atoms with Gasteiger partial charge in [0.2, 0.25) is 0 Å². The molecule has 0 aliphatic heterocycles. The highest BCUT2D eigenvalue weighted by atomic mass is 19.4. The van der Waals surface area contributed by atoms with Crippen molar-refractivity contribution in [2.75, 3.05) is 0 Å². The van der Waals surface area contributed by atoms with Crippen molar-refractivity contribution in [3.8, 4) is 0 Å². The standard InChI is InChI=1S/C6F13N.FH/c7-1(2(8,9)4(12,13)14)20-6(18,19)3(10,11)5(15,16)17;/h;1H/b20-1-;. The molecule has 21 heavy (non-hydrogen) atoms. The fraction of sp³-hybridized carbons (Fsp3) is 0.833. The third kappa shape index (κ3) is 3.87. The third-order valence-corrected chi connectivity index (χ3v) is 1.59. The highest BCUT2D eigenvalue weighted by Crippen LogP contribution is 2.48. The summed E-state index contributed by atoms with van der Waals surface area (Å²) < 4.78 is 154. The number of aliphatic imine (C=N–C) groups is 1. The first-order chi connectivity index (χ1) is 8.38.